The van der Waals surface area contributed by atoms with E-state index >= 15 is 0 Å². The number of nitrogens with one attached hydrogen (secondary N) is 1. The van der Waals surface area contributed by atoms with Crippen LogP contribution in [-0.2, 0) is 9.53 Å². The van der Waals surface area contributed by atoms with Gasteiger partial charge in [-0.2, -0.15) is 0 Å². The van der Waals surface area contributed by atoms with Gasteiger partial charge >= 0.3 is 12.0 Å². The van der Waals surface area contributed by atoms with E-state index in [4.69, 9.17) is 16.3 Å². The quantitative estimate of drug-likeness (QED) is 0.528. The van der Waals surface area contributed by atoms with E-state index in [1.54, 1.807) is 24.0 Å². The summed E-state index contributed by atoms with van der Waals surface area (Å²) >= 11 is 6.09. The van der Waals surface area contributed by atoms with Gasteiger partial charge in [-0.3, -0.25) is 14.6 Å². The van der Waals surface area contributed by atoms with Gasteiger partial charge in [0.1, 0.15) is 0 Å². The van der Waals surface area contributed by atoms with Gasteiger partial charge in [-0.25, -0.2) is 9.59 Å². The standard InChI is InChI=1S/C29H35ClN4O4/c1-4-34-24(19-32-15-6-16-33(18-17-32)27(35)22-9-7-20(3)8-10-22)25(28(36)38-5-2)26(31-29(34)37)21-11-13-23(30)14-12-21/h7-14,26H,4-6,15-19H2,1-3H3,(H,31,37)/t26-/m1/s1. The first-order valence-electron chi connectivity index (χ1n) is 13.1. The Kier molecular flexibility index (Phi) is 9.07. The number of ether oxygens (including phenoxy) is 1. The third kappa shape index (κ3) is 6.19. The highest BCUT2D eigenvalue weighted by Crippen LogP contribution is 2.32. The van der Waals surface area contributed by atoms with E-state index < -0.39 is 12.0 Å². The van der Waals surface area contributed by atoms with E-state index in [0.29, 0.717) is 54.6 Å². The SMILES string of the molecule is CCOC(=O)C1=C(CN2CCCN(C(=O)c3ccc(C)cc3)CC2)N(CC)C(=O)N[C@@H]1c1ccc(Cl)cc1. The van der Waals surface area contributed by atoms with E-state index in [2.05, 4.69) is 10.2 Å². The summed E-state index contributed by atoms with van der Waals surface area (Å²) in [5, 5.41) is 3.55. The molecule has 1 atom stereocenters. The van der Waals surface area contributed by atoms with Gasteiger partial charge in [0.2, 0.25) is 0 Å². The summed E-state index contributed by atoms with van der Waals surface area (Å²) < 4.78 is 5.46. The number of carbonyl (C=O) groups excluding carboxylic acids is 3. The highest BCUT2D eigenvalue weighted by atomic mass is 35.5. The molecule has 38 heavy (non-hydrogen) atoms. The minimum Gasteiger partial charge on any atom is -0.463 e. The third-order valence-corrected chi connectivity index (χ3v) is 7.25. The van der Waals surface area contributed by atoms with Crippen molar-refractivity contribution in [3.05, 3.63) is 81.5 Å². The lowest BCUT2D eigenvalue weighted by Gasteiger charge is -2.38. The molecule has 9 heteroatoms. The molecule has 0 unspecified atom stereocenters. The molecule has 8 nitrogen and oxygen atoms in total. The number of benzene rings is 2. The van der Waals surface area contributed by atoms with Crippen molar-refractivity contribution < 1.29 is 19.1 Å². The van der Waals surface area contributed by atoms with Crippen molar-refractivity contribution >= 4 is 29.5 Å². The van der Waals surface area contributed by atoms with Crippen LogP contribution in [0.2, 0.25) is 5.02 Å². The van der Waals surface area contributed by atoms with Crippen LogP contribution in [-0.4, -0.2) is 78.5 Å². The minimum absolute atomic E-state index is 0.0216. The zero-order chi connectivity index (χ0) is 27.2. The first kappa shape index (κ1) is 27.7. The Bertz CT molecular complexity index is 1200. The summed E-state index contributed by atoms with van der Waals surface area (Å²) in [5.74, 6) is -0.430. The average Bonchev–Trinajstić information content (AvgIpc) is 3.15. The van der Waals surface area contributed by atoms with Crippen LogP contribution >= 0.6 is 11.6 Å². The van der Waals surface area contributed by atoms with Gasteiger partial charge in [-0.05, 0) is 57.0 Å². The fraction of sp³-hybridized carbons (Fsp3) is 0.414. The van der Waals surface area contributed by atoms with Gasteiger partial charge in [-0.1, -0.05) is 41.4 Å². The summed E-state index contributed by atoms with van der Waals surface area (Å²) in [7, 11) is 0. The van der Waals surface area contributed by atoms with Crippen molar-refractivity contribution in [1.29, 1.82) is 0 Å². The maximum absolute atomic E-state index is 13.3. The van der Waals surface area contributed by atoms with Gasteiger partial charge in [0.05, 0.1) is 18.2 Å². The number of hydrogen-bond donors (Lipinski definition) is 1. The first-order valence-corrected chi connectivity index (χ1v) is 13.5. The molecule has 0 bridgehead atoms. The summed E-state index contributed by atoms with van der Waals surface area (Å²) in [4.78, 5) is 45.3. The Hall–Kier alpha value is -3.36. The highest BCUT2D eigenvalue weighted by molar-refractivity contribution is 6.30. The molecule has 1 N–H and O–H groups in total. The van der Waals surface area contributed by atoms with E-state index in [9.17, 15) is 14.4 Å². The predicted molar refractivity (Wildman–Crippen MR) is 147 cm³/mol. The number of rotatable bonds is 7. The molecule has 0 spiro atoms. The minimum atomic E-state index is -0.650. The van der Waals surface area contributed by atoms with Crippen LogP contribution in [0.1, 0.15) is 47.8 Å². The number of amides is 3. The highest BCUT2D eigenvalue weighted by Gasteiger charge is 2.38. The number of halogens is 1. The maximum atomic E-state index is 13.3. The zero-order valence-corrected chi connectivity index (χ0v) is 23.0. The van der Waals surface area contributed by atoms with Crippen LogP contribution in [0.5, 0.6) is 0 Å². The van der Waals surface area contributed by atoms with Crippen LogP contribution in [0.25, 0.3) is 0 Å². The van der Waals surface area contributed by atoms with Crippen molar-refractivity contribution in [2.24, 2.45) is 0 Å². The van der Waals surface area contributed by atoms with E-state index in [1.165, 1.54) is 0 Å². The molecule has 3 amide bonds. The molecule has 2 aliphatic heterocycles. The van der Waals surface area contributed by atoms with Crippen molar-refractivity contribution in [2.75, 3.05) is 45.9 Å². The van der Waals surface area contributed by atoms with Crippen molar-refractivity contribution in [1.82, 2.24) is 20.0 Å². The van der Waals surface area contributed by atoms with Gasteiger partial charge in [-0.15, -0.1) is 0 Å². The number of urea groups is 1. The number of hydrogen-bond acceptors (Lipinski definition) is 5. The van der Waals surface area contributed by atoms with Crippen LogP contribution in [0, 0.1) is 6.92 Å². The molecule has 0 aromatic heterocycles. The summed E-state index contributed by atoms with van der Waals surface area (Å²) in [6.07, 6.45) is 0.790. The lowest BCUT2D eigenvalue weighted by molar-refractivity contribution is -0.139. The van der Waals surface area contributed by atoms with Crippen LogP contribution in [0.4, 0.5) is 4.79 Å². The van der Waals surface area contributed by atoms with Crippen molar-refractivity contribution in [2.45, 2.75) is 33.2 Å². The summed E-state index contributed by atoms with van der Waals surface area (Å²) in [6, 6.07) is 13.8. The third-order valence-electron chi connectivity index (χ3n) is 7.00. The monoisotopic (exact) mass is 538 g/mol. The zero-order valence-electron chi connectivity index (χ0n) is 22.2. The smallest absolute Gasteiger partial charge is 0.338 e. The molecule has 2 heterocycles. The number of carbonyl (C=O) groups is 3. The van der Waals surface area contributed by atoms with E-state index in [1.807, 2.05) is 55.1 Å². The average molecular weight is 539 g/mol. The number of esters is 1. The number of likely N-dealkylation sites (N-methyl/N-ethyl adjacent to an activating group) is 1. The molecule has 2 aromatic rings. The Morgan fingerprint density at radius 2 is 1.71 bits per heavy atom. The molecule has 0 aliphatic carbocycles. The molecular formula is C29H35ClN4O4. The van der Waals surface area contributed by atoms with Gasteiger partial charge in [0, 0.05) is 55.6 Å². The molecule has 0 saturated carbocycles. The Balaban J connectivity index is 1.61. The van der Waals surface area contributed by atoms with Gasteiger partial charge < -0.3 is 15.0 Å². The second-order valence-electron chi connectivity index (χ2n) is 9.55. The van der Waals surface area contributed by atoms with Gasteiger partial charge in [0.15, 0.2) is 0 Å². The first-order chi connectivity index (χ1) is 18.3. The summed E-state index contributed by atoms with van der Waals surface area (Å²) in [5.41, 5.74) is 3.61. The van der Waals surface area contributed by atoms with Crippen LogP contribution < -0.4 is 5.32 Å². The van der Waals surface area contributed by atoms with Crippen molar-refractivity contribution in [3.8, 4) is 0 Å². The predicted octanol–water partition coefficient (Wildman–Crippen LogP) is 4.40. The molecule has 0 radical (unpaired) electrons. The molecule has 4 rings (SSSR count). The molecule has 1 fully saturated rings. The Morgan fingerprint density at radius 1 is 1.00 bits per heavy atom. The second-order valence-corrected chi connectivity index (χ2v) is 9.98. The lowest BCUT2D eigenvalue weighted by atomic mass is 9.94. The lowest BCUT2D eigenvalue weighted by Crippen LogP contribution is -2.51. The molecular weight excluding hydrogens is 504 g/mol. The largest absolute Gasteiger partial charge is 0.463 e. The second kappa shape index (κ2) is 12.5. The molecule has 202 valence electrons. The number of aryl methyl sites for hydroxylation is 1. The van der Waals surface area contributed by atoms with E-state index in [0.717, 1.165) is 24.1 Å². The topological polar surface area (TPSA) is 82.2 Å². The van der Waals surface area contributed by atoms with Crippen LogP contribution in [0.3, 0.4) is 0 Å². The molecule has 2 aliphatic rings. The fourth-order valence-corrected chi connectivity index (χ4v) is 5.11. The van der Waals surface area contributed by atoms with Gasteiger partial charge in [0.25, 0.3) is 5.91 Å². The molecule has 2 aromatic carbocycles. The summed E-state index contributed by atoms with van der Waals surface area (Å²) in [6.45, 7) is 9.26. The molecule has 1 saturated heterocycles. The Labute approximate surface area is 229 Å². The van der Waals surface area contributed by atoms with E-state index in [-0.39, 0.29) is 18.5 Å². The Morgan fingerprint density at radius 3 is 2.37 bits per heavy atom. The van der Waals surface area contributed by atoms with Crippen LogP contribution in [0.15, 0.2) is 59.8 Å². The normalized spacial score (nSPS) is 18.7. The fourth-order valence-electron chi connectivity index (χ4n) is 4.99. The van der Waals surface area contributed by atoms with Crippen molar-refractivity contribution in [3.63, 3.8) is 0 Å². The maximum Gasteiger partial charge on any atom is 0.338 e. The number of nitrogens with zero attached hydrogens (tertiary/aromatic N) is 3.